The molecule has 2 unspecified atom stereocenters. The molecule has 0 aromatic rings. The van der Waals surface area contributed by atoms with Crippen molar-refractivity contribution in [1.82, 2.24) is 0 Å². The van der Waals surface area contributed by atoms with Crippen LogP contribution in [0.15, 0.2) is 0 Å². The Labute approximate surface area is 321 Å². The van der Waals surface area contributed by atoms with Crippen molar-refractivity contribution in [2.24, 2.45) is 0 Å². The highest BCUT2D eigenvalue weighted by Crippen LogP contribution is 2.38. The Morgan fingerprint density at radius 2 is 0.865 bits per heavy atom. The number of phosphoric acid groups is 1. The standard InChI is InChI=1S/C42H84NO8P/c1-6-8-10-12-14-16-18-20-21-23-24-26-28-30-32-34-41(44)48-38-40(39-50-52(46,47)49-37-36-43(3,4)5)51-42(45)35-33-31-29-27-25-22-19-17-15-13-11-9-7-2/h40H,6-39H2,1-5H3. The van der Waals surface area contributed by atoms with Crippen LogP contribution in [0.1, 0.15) is 206 Å². The summed E-state index contributed by atoms with van der Waals surface area (Å²) in [6, 6.07) is 0. The first kappa shape index (κ1) is 51.0. The monoisotopic (exact) mass is 762 g/mol. The predicted octanol–water partition coefficient (Wildman–Crippen LogP) is 11.4. The first-order valence-electron chi connectivity index (χ1n) is 21.7. The minimum absolute atomic E-state index is 0.0258. The summed E-state index contributed by atoms with van der Waals surface area (Å²) >= 11 is 0. The molecule has 2 atom stereocenters. The number of esters is 2. The molecule has 52 heavy (non-hydrogen) atoms. The van der Waals surface area contributed by atoms with Crippen molar-refractivity contribution < 1.29 is 42.1 Å². The van der Waals surface area contributed by atoms with E-state index in [4.69, 9.17) is 18.5 Å². The van der Waals surface area contributed by atoms with Gasteiger partial charge in [-0.1, -0.05) is 181 Å². The molecule has 0 heterocycles. The lowest BCUT2D eigenvalue weighted by atomic mass is 10.0. The molecule has 0 rings (SSSR count). The van der Waals surface area contributed by atoms with Crippen LogP contribution in [0.3, 0.4) is 0 Å². The second kappa shape index (κ2) is 35.7. The Hall–Kier alpha value is -0.990. The van der Waals surface area contributed by atoms with Crippen molar-refractivity contribution in [1.29, 1.82) is 0 Å². The zero-order valence-corrected chi connectivity index (χ0v) is 35.7. The molecule has 0 aromatic heterocycles. The summed E-state index contributed by atoms with van der Waals surface area (Å²) in [4.78, 5) is 37.5. The van der Waals surface area contributed by atoms with E-state index in [0.29, 0.717) is 17.4 Å². The third kappa shape index (κ3) is 38.7. The average molecular weight is 762 g/mol. The van der Waals surface area contributed by atoms with Crippen molar-refractivity contribution in [2.75, 3.05) is 47.5 Å². The van der Waals surface area contributed by atoms with E-state index in [-0.39, 0.29) is 32.0 Å². The third-order valence-corrected chi connectivity index (χ3v) is 10.6. The number of unbranched alkanes of at least 4 members (excludes halogenated alkanes) is 26. The first-order valence-corrected chi connectivity index (χ1v) is 23.2. The Bertz CT molecular complexity index is 865. The molecule has 0 radical (unpaired) electrons. The number of hydrogen-bond acceptors (Lipinski definition) is 8. The molecule has 0 aliphatic carbocycles. The number of carbonyl (C=O) groups is 2. The predicted molar refractivity (Wildman–Crippen MR) is 213 cm³/mol. The number of phosphoric ester groups is 1. The molecule has 0 saturated carbocycles. The highest BCUT2D eigenvalue weighted by atomic mass is 31.2. The number of likely N-dealkylation sites (N-methyl/N-ethyl adjacent to an activating group) is 1. The largest absolute Gasteiger partial charge is 0.756 e. The van der Waals surface area contributed by atoms with Gasteiger partial charge in [-0.2, -0.15) is 0 Å². The fourth-order valence-electron chi connectivity index (χ4n) is 6.18. The molecule has 9 nitrogen and oxygen atoms in total. The van der Waals surface area contributed by atoms with Gasteiger partial charge in [-0.05, 0) is 12.8 Å². The lowest BCUT2D eigenvalue weighted by Gasteiger charge is -2.28. The van der Waals surface area contributed by atoms with Crippen LogP contribution in [0.4, 0.5) is 0 Å². The Morgan fingerprint density at radius 1 is 0.519 bits per heavy atom. The molecule has 310 valence electrons. The zero-order chi connectivity index (χ0) is 38.6. The average Bonchev–Trinajstić information content (AvgIpc) is 3.09. The van der Waals surface area contributed by atoms with Crippen LogP contribution in [-0.4, -0.2) is 70.0 Å². The van der Waals surface area contributed by atoms with Gasteiger partial charge in [-0.15, -0.1) is 0 Å². The molecule has 0 bridgehead atoms. The molecule has 0 N–H and O–H groups in total. The molecule has 10 heteroatoms. The van der Waals surface area contributed by atoms with Crippen molar-refractivity contribution in [3.8, 4) is 0 Å². The number of nitrogens with zero attached hydrogens (tertiary/aromatic N) is 1. The van der Waals surface area contributed by atoms with Gasteiger partial charge in [-0.3, -0.25) is 14.2 Å². The Kier molecular flexibility index (Phi) is 35.0. The minimum atomic E-state index is -4.61. The topological polar surface area (TPSA) is 111 Å². The Balaban J connectivity index is 4.32. The van der Waals surface area contributed by atoms with E-state index in [1.165, 1.54) is 141 Å². The lowest BCUT2D eigenvalue weighted by Crippen LogP contribution is -2.37. The van der Waals surface area contributed by atoms with E-state index in [1.807, 2.05) is 21.1 Å². The fraction of sp³-hybridized carbons (Fsp3) is 0.952. The number of rotatable bonds is 40. The molecule has 0 fully saturated rings. The van der Waals surface area contributed by atoms with E-state index >= 15 is 0 Å². The molecule has 0 aliphatic rings. The van der Waals surface area contributed by atoms with E-state index in [2.05, 4.69) is 13.8 Å². The second-order valence-electron chi connectivity index (χ2n) is 16.1. The quantitative estimate of drug-likeness (QED) is 0.0263. The number of hydrogen-bond donors (Lipinski definition) is 0. The summed E-state index contributed by atoms with van der Waals surface area (Å²) in [5, 5.41) is 0. The van der Waals surface area contributed by atoms with Gasteiger partial charge in [0.05, 0.1) is 27.7 Å². The number of ether oxygens (including phenoxy) is 2. The maximum Gasteiger partial charge on any atom is 0.306 e. The van der Waals surface area contributed by atoms with Gasteiger partial charge in [0.25, 0.3) is 7.82 Å². The molecule has 0 amide bonds. The molecule has 0 spiro atoms. The van der Waals surface area contributed by atoms with Gasteiger partial charge >= 0.3 is 11.9 Å². The van der Waals surface area contributed by atoms with Crippen molar-refractivity contribution >= 4 is 19.8 Å². The second-order valence-corrected chi connectivity index (χ2v) is 17.5. The van der Waals surface area contributed by atoms with Gasteiger partial charge in [0, 0.05) is 12.8 Å². The minimum Gasteiger partial charge on any atom is -0.756 e. The fourth-order valence-corrected chi connectivity index (χ4v) is 6.91. The summed E-state index contributed by atoms with van der Waals surface area (Å²) in [5.41, 5.74) is 0. The molecular weight excluding hydrogens is 677 g/mol. The zero-order valence-electron chi connectivity index (χ0n) is 34.8. The van der Waals surface area contributed by atoms with Crippen LogP contribution in [-0.2, 0) is 32.7 Å². The third-order valence-electron chi connectivity index (χ3n) is 9.63. The Morgan fingerprint density at radius 3 is 1.23 bits per heavy atom. The van der Waals surface area contributed by atoms with Gasteiger partial charge in [0.1, 0.15) is 19.8 Å². The normalized spacial score (nSPS) is 13.6. The van der Waals surface area contributed by atoms with Crippen LogP contribution in [0.2, 0.25) is 0 Å². The van der Waals surface area contributed by atoms with Crippen LogP contribution < -0.4 is 4.89 Å². The smallest absolute Gasteiger partial charge is 0.306 e. The maximum absolute atomic E-state index is 12.6. The van der Waals surface area contributed by atoms with Crippen LogP contribution >= 0.6 is 7.82 Å². The summed E-state index contributed by atoms with van der Waals surface area (Å²) in [6.45, 7) is 4.25. The van der Waals surface area contributed by atoms with Crippen molar-refractivity contribution in [2.45, 2.75) is 213 Å². The van der Waals surface area contributed by atoms with E-state index in [0.717, 1.165) is 32.1 Å². The van der Waals surface area contributed by atoms with Gasteiger partial charge in [0.2, 0.25) is 0 Å². The molecule has 0 saturated heterocycles. The summed E-state index contributed by atoms with van der Waals surface area (Å²) in [6.07, 6.45) is 34.0. The summed E-state index contributed by atoms with van der Waals surface area (Å²) < 4.78 is 33.9. The highest BCUT2D eigenvalue weighted by Gasteiger charge is 2.21. The molecule has 0 aliphatic heterocycles. The van der Waals surface area contributed by atoms with Gasteiger partial charge in [-0.25, -0.2) is 0 Å². The molecule has 0 aromatic carbocycles. The lowest BCUT2D eigenvalue weighted by molar-refractivity contribution is -0.870. The summed E-state index contributed by atoms with van der Waals surface area (Å²) in [5.74, 6) is -0.821. The van der Waals surface area contributed by atoms with E-state index in [9.17, 15) is 19.0 Å². The SMILES string of the molecule is CCCCCCCCCCCCCCCCCC(=O)OCC(COP(=O)([O-])OCC[N+](C)(C)C)OC(=O)CCCCCCCCCCCCCCC. The number of quaternary nitrogens is 1. The highest BCUT2D eigenvalue weighted by molar-refractivity contribution is 7.45. The first-order chi connectivity index (χ1) is 25.0. The summed E-state index contributed by atoms with van der Waals surface area (Å²) in [7, 11) is 1.18. The molecular formula is C42H84NO8P. The maximum atomic E-state index is 12.6. The van der Waals surface area contributed by atoms with Gasteiger partial charge in [0.15, 0.2) is 6.10 Å². The van der Waals surface area contributed by atoms with E-state index in [1.54, 1.807) is 0 Å². The van der Waals surface area contributed by atoms with Crippen LogP contribution in [0.5, 0.6) is 0 Å². The van der Waals surface area contributed by atoms with Crippen molar-refractivity contribution in [3.63, 3.8) is 0 Å². The van der Waals surface area contributed by atoms with Crippen molar-refractivity contribution in [3.05, 3.63) is 0 Å². The van der Waals surface area contributed by atoms with Crippen LogP contribution in [0.25, 0.3) is 0 Å². The van der Waals surface area contributed by atoms with E-state index < -0.39 is 26.5 Å². The van der Waals surface area contributed by atoms with Crippen LogP contribution in [0, 0.1) is 0 Å². The van der Waals surface area contributed by atoms with Gasteiger partial charge < -0.3 is 27.9 Å². The number of carbonyl (C=O) groups excluding carboxylic acids is 2.